The third-order valence-corrected chi connectivity index (χ3v) is 2.22. The molecule has 0 unspecified atom stereocenters. The Morgan fingerprint density at radius 1 is 1.12 bits per heavy atom. The summed E-state index contributed by atoms with van der Waals surface area (Å²) in [6.45, 7) is 0. The summed E-state index contributed by atoms with van der Waals surface area (Å²) in [5.41, 5.74) is 1.23. The highest BCUT2D eigenvalue weighted by atomic mass is 19.1. The molecule has 1 aromatic carbocycles. The molecule has 0 spiro atoms. The molecule has 1 aromatic heterocycles. The van der Waals surface area contributed by atoms with Gasteiger partial charge in [0.1, 0.15) is 11.5 Å². The average Bonchev–Trinajstić information content (AvgIpc) is 2.31. The Bertz CT molecular complexity index is 479. The Morgan fingerprint density at radius 2 is 1.88 bits per heavy atom. The Morgan fingerprint density at radius 3 is 2.50 bits per heavy atom. The van der Waals surface area contributed by atoms with Crippen molar-refractivity contribution < 1.29 is 9.18 Å². The van der Waals surface area contributed by atoms with Crippen molar-refractivity contribution in [2.24, 2.45) is 0 Å². The molecule has 0 aliphatic heterocycles. The lowest BCUT2D eigenvalue weighted by Gasteiger charge is -2.00. The van der Waals surface area contributed by atoms with Crippen molar-refractivity contribution in [3.05, 3.63) is 65.7 Å². The molecule has 0 N–H and O–H groups in total. The van der Waals surface area contributed by atoms with E-state index in [1.54, 1.807) is 0 Å². The van der Waals surface area contributed by atoms with Gasteiger partial charge >= 0.3 is 0 Å². The predicted octanol–water partition coefficient (Wildman–Crippen LogP) is 2.65. The molecular formula is C13H10FNO. The zero-order valence-corrected chi connectivity index (χ0v) is 8.56. The molecular weight excluding hydrogens is 205 g/mol. The second kappa shape index (κ2) is 4.66. The van der Waals surface area contributed by atoms with Crippen LogP contribution in [0.25, 0.3) is 0 Å². The van der Waals surface area contributed by atoms with Gasteiger partial charge in [-0.15, -0.1) is 0 Å². The average molecular weight is 215 g/mol. The minimum atomic E-state index is -0.434. The van der Waals surface area contributed by atoms with Crippen LogP contribution in [0.1, 0.15) is 16.1 Å². The van der Waals surface area contributed by atoms with Crippen LogP contribution in [0, 0.1) is 5.82 Å². The highest BCUT2D eigenvalue weighted by molar-refractivity contribution is 5.95. The summed E-state index contributed by atoms with van der Waals surface area (Å²) in [6, 6.07) is 12.0. The van der Waals surface area contributed by atoms with Gasteiger partial charge in [-0.2, -0.15) is 0 Å². The summed E-state index contributed by atoms with van der Waals surface area (Å²) in [5.74, 6) is -0.539. The Hall–Kier alpha value is -2.03. The number of ketones is 1. The summed E-state index contributed by atoms with van der Waals surface area (Å²) in [4.78, 5) is 15.5. The molecule has 0 saturated carbocycles. The third kappa shape index (κ3) is 2.51. The molecule has 80 valence electrons. The molecule has 16 heavy (non-hydrogen) atoms. The van der Waals surface area contributed by atoms with Crippen LogP contribution in [0.5, 0.6) is 0 Å². The fourth-order valence-corrected chi connectivity index (χ4v) is 1.41. The monoisotopic (exact) mass is 215 g/mol. The van der Waals surface area contributed by atoms with Gasteiger partial charge in [0.25, 0.3) is 0 Å². The van der Waals surface area contributed by atoms with Crippen LogP contribution >= 0.6 is 0 Å². The molecule has 0 atom stereocenters. The van der Waals surface area contributed by atoms with Crippen LogP contribution in [0.15, 0.2) is 48.7 Å². The summed E-state index contributed by atoms with van der Waals surface area (Å²) >= 11 is 0. The van der Waals surface area contributed by atoms with Crippen LogP contribution in [0.4, 0.5) is 4.39 Å². The van der Waals surface area contributed by atoms with Gasteiger partial charge < -0.3 is 0 Å². The number of pyridine rings is 1. The Labute approximate surface area is 92.8 Å². The van der Waals surface area contributed by atoms with E-state index in [0.717, 1.165) is 11.8 Å². The van der Waals surface area contributed by atoms with Crippen LogP contribution in [0.2, 0.25) is 0 Å². The van der Waals surface area contributed by atoms with Gasteiger partial charge in [-0.3, -0.25) is 9.78 Å². The van der Waals surface area contributed by atoms with Crippen molar-refractivity contribution in [2.75, 3.05) is 0 Å². The maximum absolute atomic E-state index is 12.6. The molecule has 0 bridgehead atoms. The van der Waals surface area contributed by atoms with Crippen molar-refractivity contribution in [2.45, 2.75) is 6.42 Å². The first-order valence-electron chi connectivity index (χ1n) is 4.94. The van der Waals surface area contributed by atoms with E-state index < -0.39 is 5.82 Å². The molecule has 0 fully saturated rings. The van der Waals surface area contributed by atoms with Gasteiger partial charge in [0, 0.05) is 6.42 Å². The number of benzene rings is 1. The highest BCUT2D eigenvalue weighted by Crippen LogP contribution is 2.06. The number of hydrogen-bond acceptors (Lipinski definition) is 2. The molecule has 0 saturated heterocycles. The standard InChI is InChI=1S/C13H10FNO/c14-11-6-7-12(15-9-11)13(16)8-10-4-2-1-3-5-10/h1-7,9H,8H2. The summed E-state index contributed by atoms with van der Waals surface area (Å²) in [6.07, 6.45) is 1.34. The SMILES string of the molecule is O=C(Cc1ccccc1)c1ccc(F)cn1. The van der Waals surface area contributed by atoms with Gasteiger partial charge in [-0.05, 0) is 17.7 Å². The second-order valence-electron chi connectivity index (χ2n) is 3.45. The van der Waals surface area contributed by atoms with Crippen molar-refractivity contribution in [1.29, 1.82) is 0 Å². The van der Waals surface area contributed by atoms with Crippen LogP contribution < -0.4 is 0 Å². The smallest absolute Gasteiger partial charge is 0.185 e. The first-order chi connectivity index (χ1) is 7.75. The summed E-state index contributed by atoms with van der Waals surface area (Å²) < 4.78 is 12.6. The molecule has 2 rings (SSSR count). The second-order valence-corrected chi connectivity index (χ2v) is 3.45. The Balaban J connectivity index is 2.12. The van der Waals surface area contributed by atoms with Gasteiger partial charge in [-0.25, -0.2) is 4.39 Å². The molecule has 0 radical (unpaired) electrons. The minimum Gasteiger partial charge on any atom is -0.292 e. The van der Waals surface area contributed by atoms with Gasteiger partial charge in [0.2, 0.25) is 0 Å². The zero-order chi connectivity index (χ0) is 11.4. The van der Waals surface area contributed by atoms with E-state index in [9.17, 15) is 9.18 Å². The lowest BCUT2D eigenvalue weighted by Crippen LogP contribution is -2.05. The summed E-state index contributed by atoms with van der Waals surface area (Å²) in [7, 11) is 0. The number of aromatic nitrogens is 1. The number of Topliss-reactive ketones (excluding diaryl/α,β-unsaturated/α-hetero) is 1. The number of rotatable bonds is 3. The number of hydrogen-bond donors (Lipinski definition) is 0. The van der Waals surface area contributed by atoms with E-state index in [2.05, 4.69) is 4.98 Å². The normalized spacial score (nSPS) is 10.1. The number of carbonyl (C=O) groups is 1. The number of carbonyl (C=O) groups excluding carboxylic acids is 1. The number of nitrogens with zero attached hydrogens (tertiary/aromatic N) is 1. The highest BCUT2D eigenvalue weighted by Gasteiger charge is 2.07. The van der Waals surface area contributed by atoms with Crippen molar-refractivity contribution in [1.82, 2.24) is 4.98 Å². The molecule has 0 aliphatic carbocycles. The first kappa shape index (κ1) is 10.5. The van der Waals surface area contributed by atoms with Crippen LogP contribution in [0.3, 0.4) is 0 Å². The number of halogens is 1. The lowest BCUT2D eigenvalue weighted by molar-refractivity contribution is 0.0988. The van der Waals surface area contributed by atoms with E-state index in [-0.39, 0.29) is 5.78 Å². The molecule has 0 aliphatic rings. The van der Waals surface area contributed by atoms with Crippen LogP contribution in [-0.4, -0.2) is 10.8 Å². The van der Waals surface area contributed by atoms with E-state index in [0.29, 0.717) is 12.1 Å². The summed E-state index contributed by atoms with van der Waals surface area (Å²) in [5, 5.41) is 0. The van der Waals surface area contributed by atoms with Crippen molar-refractivity contribution in [3.63, 3.8) is 0 Å². The molecule has 2 nitrogen and oxygen atoms in total. The van der Waals surface area contributed by atoms with Gasteiger partial charge in [0.15, 0.2) is 5.78 Å². The third-order valence-electron chi connectivity index (χ3n) is 2.22. The molecule has 0 amide bonds. The van der Waals surface area contributed by atoms with Gasteiger partial charge in [0.05, 0.1) is 6.20 Å². The largest absolute Gasteiger partial charge is 0.292 e. The minimum absolute atomic E-state index is 0.105. The molecule has 3 heteroatoms. The topological polar surface area (TPSA) is 30.0 Å². The quantitative estimate of drug-likeness (QED) is 0.737. The van der Waals surface area contributed by atoms with Crippen molar-refractivity contribution in [3.8, 4) is 0 Å². The van der Waals surface area contributed by atoms with E-state index >= 15 is 0 Å². The molecule has 1 heterocycles. The first-order valence-corrected chi connectivity index (χ1v) is 4.94. The zero-order valence-electron chi connectivity index (χ0n) is 8.56. The van der Waals surface area contributed by atoms with Gasteiger partial charge in [-0.1, -0.05) is 30.3 Å². The maximum Gasteiger partial charge on any atom is 0.185 e. The lowest BCUT2D eigenvalue weighted by atomic mass is 10.1. The predicted molar refractivity (Wildman–Crippen MR) is 58.7 cm³/mol. The molecule has 2 aromatic rings. The van der Waals surface area contributed by atoms with E-state index in [1.165, 1.54) is 12.1 Å². The maximum atomic E-state index is 12.6. The van der Waals surface area contributed by atoms with Crippen LogP contribution in [-0.2, 0) is 6.42 Å². The fourth-order valence-electron chi connectivity index (χ4n) is 1.41. The van der Waals surface area contributed by atoms with E-state index in [4.69, 9.17) is 0 Å². The Kier molecular flexibility index (Phi) is 3.05. The van der Waals surface area contributed by atoms with Crippen molar-refractivity contribution >= 4 is 5.78 Å². The fraction of sp³-hybridized carbons (Fsp3) is 0.0769. The van der Waals surface area contributed by atoms with E-state index in [1.807, 2.05) is 30.3 Å².